The fraction of sp³-hybridized carbons (Fsp3) is 0.579. The van der Waals surface area contributed by atoms with Crippen LogP contribution in [0.25, 0.3) is 0 Å². The molecule has 6 nitrogen and oxygen atoms in total. The Balaban J connectivity index is 2.50. The van der Waals surface area contributed by atoms with Gasteiger partial charge in [0, 0.05) is 46.0 Å². The van der Waals surface area contributed by atoms with Gasteiger partial charge in [-0.05, 0) is 37.0 Å². The number of nitrogens with zero attached hydrogens (tertiary/aromatic N) is 1. The van der Waals surface area contributed by atoms with Gasteiger partial charge in [0.2, 0.25) is 0 Å². The molecule has 0 spiro atoms. The molecule has 25 heavy (non-hydrogen) atoms. The van der Waals surface area contributed by atoms with Gasteiger partial charge in [0.05, 0.1) is 0 Å². The Morgan fingerprint density at radius 3 is 2.72 bits per heavy atom. The Morgan fingerprint density at radius 1 is 1.20 bits per heavy atom. The molecular weight excluding hydrogens is 316 g/mol. The Bertz CT molecular complexity index is 532. The van der Waals surface area contributed by atoms with Crippen LogP contribution in [-0.4, -0.2) is 52.3 Å². The van der Waals surface area contributed by atoms with Gasteiger partial charge in [-0.1, -0.05) is 25.5 Å². The van der Waals surface area contributed by atoms with Crippen molar-refractivity contribution in [1.82, 2.24) is 16.0 Å². The molecule has 0 aromatic heterocycles. The molecule has 0 aliphatic carbocycles. The summed E-state index contributed by atoms with van der Waals surface area (Å²) in [4.78, 5) is 16.3. The zero-order valence-electron chi connectivity index (χ0n) is 15.7. The molecule has 0 saturated carbocycles. The molecule has 0 heterocycles. The third-order valence-electron chi connectivity index (χ3n) is 3.72. The van der Waals surface area contributed by atoms with Gasteiger partial charge in [-0.15, -0.1) is 0 Å². The van der Waals surface area contributed by atoms with Gasteiger partial charge in [0.1, 0.15) is 0 Å². The van der Waals surface area contributed by atoms with Crippen LogP contribution in [0.1, 0.15) is 42.1 Å². The summed E-state index contributed by atoms with van der Waals surface area (Å²) in [5.41, 5.74) is 1.82. The molecule has 0 bridgehead atoms. The van der Waals surface area contributed by atoms with Crippen molar-refractivity contribution in [2.24, 2.45) is 4.99 Å². The Hall–Kier alpha value is -2.08. The van der Waals surface area contributed by atoms with Gasteiger partial charge >= 0.3 is 0 Å². The first kappa shape index (κ1) is 21.0. The number of carbonyl (C=O) groups excluding carboxylic acids is 1. The average molecular weight is 348 g/mol. The second-order valence-corrected chi connectivity index (χ2v) is 5.81. The lowest BCUT2D eigenvalue weighted by Crippen LogP contribution is -2.39. The number of aliphatic imine (C=N–C) groups is 1. The first-order chi connectivity index (χ1) is 12.2. The van der Waals surface area contributed by atoms with E-state index in [0.717, 1.165) is 63.4 Å². The van der Waals surface area contributed by atoms with Crippen molar-refractivity contribution < 1.29 is 9.53 Å². The molecule has 0 aliphatic rings. The first-order valence-electron chi connectivity index (χ1n) is 9.03. The molecule has 1 rings (SSSR count). The van der Waals surface area contributed by atoms with Crippen LogP contribution in [0.4, 0.5) is 0 Å². The molecule has 6 heteroatoms. The lowest BCUT2D eigenvalue weighted by molar-refractivity contribution is 0.0963. The Morgan fingerprint density at radius 2 is 2.00 bits per heavy atom. The normalized spacial score (nSPS) is 11.2. The van der Waals surface area contributed by atoms with Gasteiger partial charge in [-0.3, -0.25) is 9.79 Å². The molecule has 1 amide bonds. The van der Waals surface area contributed by atoms with E-state index in [1.807, 2.05) is 24.3 Å². The second-order valence-electron chi connectivity index (χ2n) is 5.81. The highest BCUT2D eigenvalue weighted by Crippen LogP contribution is 2.05. The van der Waals surface area contributed by atoms with E-state index in [0.29, 0.717) is 5.56 Å². The molecule has 1 aromatic carbocycles. The number of amides is 1. The summed E-state index contributed by atoms with van der Waals surface area (Å²) in [6.07, 6.45) is 4.01. The number of carbonyl (C=O) groups is 1. The maximum atomic E-state index is 11.7. The van der Waals surface area contributed by atoms with Crippen LogP contribution >= 0.6 is 0 Å². The summed E-state index contributed by atoms with van der Waals surface area (Å²) < 4.78 is 5.06. The van der Waals surface area contributed by atoms with E-state index in [9.17, 15) is 4.79 Å². The lowest BCUT2D eigenvalue weighted by atomic mass is 10.1. The van der Waals surface area contributed by atoms with Gasteiger partial charge in [-0.25, -0.2) is 0 Å². The van der Waals surface area contributed by atoms with Crippen LogP contribution < -0.4 is 16.0 Å². The summed E-state index contributed by atoms with van der Waals surface area (Å²) in [7, 11) is 3.35. The van der Waals surface area contributed by atoms with Crippen LogP contribution in [0.3, 0.4) is 0 Å². The van der Waals surface area contributed by atoms with Gasteiger partial charge in [0.15, 0.2) is 5.96 Å². The largest absolute Gasteiger partial charge is 0.385 e. The number of rotatable bonds is 11. The third kappa shape index (κ3) is 9.10. The van der Waals surface area contributed by atoms with Gasteiger partial charge in [0.25, 0.3) is 5.91 Å². The molecule has 0 unspecified atom stereocenters. The van der Waals surface area contributed by atoms with E-state index in [-0.39, 0.29) is 5.91 Å². The molecule has 0 fully saturated rings. The summed E-state index contributed by atoms with van der Waals surface area (Å²) in [6, 6.07) is 7.71. The third-order valence-corrected chi connectivity index (χ3v) is 3.72. The highest BCUT2D eigenvalue weighted by atomic mass is 16.5. The summed E-state index contributed by atoms with van der Waals surface area (Å²) in [5.74, 6) is 0.781. The number of methoxy groups -OCH3 is 1. The molecule has 3 N–H and O–H groups in total. The van der Waals surface area contributed by atoms with Crippen LogP contribution in [-0.2, 0) is 11.2 Å². The highest BCUT2D eigenvalue weighted by molar-refractivity contribution is 5.94. The molecule has 140 valence electrons. The Kier molecular flexibility index (Phi) is 11.1. The fourth-order valence-corrected chi connectivity index (χ4v) is 2.30. The lowest BCUT2D eigenvalue weighted by Gasteiger charge is -2.13. The average Bonchev–Trinajstić information content (AvgIpc) is 2.64. The van der Waals surface area contributed by atoms with E-state index >= 15 is 0 Å². The van der Waals surface area contributed by atoms with Crippen molar-refractivity contribution in [3.05, 3.63) is 35.4 Å². The van der Waals surface area contributed by atoms with Crippen LogP contribution in [0.5, 0.6) is 0 Å². The molecule has 0 atom stereocenters. The first-order valence-corrected chi connectivity index (χ1v) is 9.03. The predicted octanol–water partition coefficient (Wildman–Crippen LogP) is 1.96. The number of ether oxygens (including phenoxy) is 1. The van der Waals surface area contributed by atoms with Gasteiger partial charge in [-0.2, -0.15) is 0 Å². The fourth-order valence-electron chi connectivity index (χ4n) is 2.30. The number of benzene rings is 1. The van der Waals surface area contributed by atoms with E-state index in [2.05, 4.69) is 27.9 Å². The smallest absolute Gasteiger partial charge is 0.251 e. The highest BCUT2D eigenvalue weighted by Gasteiger charge is 2.04. The predicted molar refractivity (Wildman–Crippen MR) is 103 cm³/mol. The number of hydrogen-bond acceptors (Lipinski definition) is 3. The molecule has 0 aliphatic heterocycles. The van der Waals surface area contributed by atoms with Gasteiger partial charge < -0.3 is 20.7 Å². The summed E-state index contributed by atoms with van der Waals surface area (Å²) >= 11 is 0. The number of nitrogens with one attached hydrogen (secondary N) is 3. The molecule has 0 radical (unpaired) electrons. The minimum absolute atomic E-state index is 0.0589. The monoisotopic (exact) mass is 348 g/mol. The van der Waals surface area contributed by atoms with Crippen molar-refractivity contribution in [1.29, 1.82) is 0 Å². The van der Waals surface area contributed by atoms with Crippen LogP contribution in [0, 0.1) is 0 Å². The minimum Gasteiger partial charge on any atom is -0.385 e. The van der Waals surface area contributed by atoms with E-state index < -0.39 is 0 Å². The summed E-state index contributed by atoms with van der Waals surface area (Å²) in [5, 5.41) is 9.37. The SMILES string of the molecule is CCCCNC(=NCCCOC)NCCc1cccc(C(=O)NC)c1. The van der Waals surface area contributed by atoms with Crippen molar-refractivity contribution in [2.75, 3.05) is 40.4 Å². The maximum Gasteiger partial charge on any atom is 0.251 e. The molecular formula is C19H32N4O2. The van der Waals surface area contributed by atoms with Crippen molar-refractivity contribution in [3.8, 4) is 0 Å². The molecule has 0 saturated heterocycles. The van der Waals surface area contributed by atoms with E-state index in [1.165, 1.54) is 0 Å². The quantitative estimate of drug-likeness (QED) is 0.325. The summed E-state index contributed by atoms with van der Waals surface area (Å²) in [6.45, 7) is 5.31. The zero-order chi connectivity index (χ0) is 18.3. The van der Waals surface area contributed by atoms with E-state index in [1.54, 1.807) is 14.2 Å². The standard InChI is InChI=1S/C19H32N4O2/c1-4-5-11-21-19(22-12-7-14-25-3)23-13-10-16-8-6-9-17(15-16)18(24)20-2/h6,8-9,15H,4-5,7,10-14H2,1-3H3,(H,20,24)(H2,21,22,23). The van der Waals surface area contributed by atoms with Crippen molar-refractivity contribution in [3.63, 3.8) is 0 Å². The number of guanidine groups is 1. The van der Waals surface area contributed by atoms with Crippen LogP contribution in [0.2, 0.25) is 0 Å². The minimum atomic E-state index is -0.0589. The second kappa shape index (κ2) is 13.2. The topological polar surface area (TPSA) is 74.8 Å². The maximum absolute atomic E-state index is 11.7. The zero-order valence-corrected chi connectivity index (χ0v) is 15.7. The Labute approximate surface area is 151 Å². The number of hydrogen-bond donors (Lipinski definition) is 3. The van der Waals surface area contributed by atoms with Crippen molar-refractivity contribution in [2.45, 2.75) is 32.6 Å². The van der Waals surface area contributed by atoms with Crippen LogP contribution in [0.15, 0.2) is 29.3 Å². The van der Waals surface area contributed by atoms with Crippen molar-refractivity contribution >= 4 is 11.9 Å². The number of unbranched alkanes of at least 4 members (excludes halogenated alkanes) is 1. The molecule has 1 aromatic rings. The van der Waals surface area contributed by atoms with E-state index in [4.69, 9.17) is 4.74 Å².